The molecule has 0 spiro atoms. The Morgan fingerprint density at radius 2 is 1.40 bits per heavy atom. The molecule has 208 valence electrons. The van der Waals surface area contributed by atoms with Gasteiger partial charge in [0.1, 0.15) is 0 Å². The average Bonchev–Trinajstić information content (AvgIpc) is 3.47. The van der Waals surface area contributed by atoms with Crippen LogP contribution in [0, 0.1) is 11.3 Å². The van der Waals surface area contributed by atoms with Crippen molar-refractivity contribution >= 4 is 5.69 Å². The van der Waals surface area contributed by atoms with Gasteiger partial charge in [-0.25, -0.2) is 4.98 Å². The van der Waals surface area contributed by atoms with E-state index in [1.54, 1.807) is 0 Å². The molecule has 40 heavy (non-hydrogen) atoms. The van der Waals surface area contributed by atoms with Gasteiger partial charge in [0.15, 0.2) is 5.82 Å². The van der Waals surface area contributed by atoms with Gasteiger partial charge in [-0.15, -0.1) is 0 Å². The lowest BCUT2D eigenvalue weighted by Gasteiger charge is -2.45. The molecular formula is C34H40N4O2. The first-order valence-corrected chi connectivity index (χ1v) is 14.6. The highest BCUT2D eigenvalue weighted by Gasteiger charge is 2.41. The summed E-state index contributed by atoms with van der Waals surface area (Å²) in [6, 6.07) is 31.4. The zero-order valence-electron chi connectivity index (χ0n) is 23.6. The molecule has 2 aliphatic heterocycles. The van der Waals surface area contributed by atoms with Gasteiger partial charge in [-0.2, -0.15) is 0 Å². The maximum absolute atomic E-state index is 6.42. The van der Waals surface area contributed by atoms with E-state index in [1.165, 1.54) is 5.69 Å². The van der Waals surface area contributed by atoms with Crippen molar-refractivity contribution in [3.8, 4) is 22.5 Å². The molecule has 6 nitrogen and oxygen atoms in total. The highest BCUT2D eigenvalue weighted by Crippen LogP contribution is 2.40. The van der Waals surface area contributed by atoms with Gasteiger partial charge in [-0.1, -0.05) is 99.1 Å². The number of hydrogen-bond donors (Lipinski definition) is 1. The van der Waals surface area contributed by atoms with E-state index in [1.807, 2.05) is 24.3 Å². The lowest BCUT2D eigenvalue weighted by Crippen LogP contribution is -2.51. The van der Waals surface area contributed by atoms with Crippen LogP contribution >= 0.6 is 0 Å². The topological polar surface area (TPSA) is 53.6 Å². The summed E-state index contributed by atoms with van der Waals surface area (Å²) >= 11 is 0. The minimum absolute atomic E-state index is 0.0427. The van der Waals surface area contributed by atoms with Gasteiger partial charge < -0.3 is 19.4 Å². The number of nitrogens with one attached hydrogen (secondary N) is 1. The van der Waals surface area contributed by atoms with Crippen LogP contribution in [0.5, 0.6) is 0 Å². The predicted octanol–water partition coefficient (Wildman–Crippen LogP) is 6.64. The highest BCUT2D eigenvalue weighted by molar-refractivity contribution is 5.78. The predicted molar refractivity (Wildman–Crippen MR) is 161 cm³/mol. The van der Waals surface area contributed by atoms with Crippen molar-refractivity contribution in [1.29, 1.82) is 0 Å². The van der Waals surface area contributed by atoms with E-state index in [4.69, 9.17) is 14.5 Å². The standard InChI is InChI=1S/C34H40N4O2/c1-3-28(23-37-19-21-38(22-20-37)29-17-11-6-12-18-29)34(2)24-39-33(40-25-34)32-35-30(26-13-7-4-8-14-26)31(36-32)27-15-9-5-10-16-27/h4-18,28,33H,3,19-25H2,1-2H3,(H,35,36). The largest absolute Gasteiger partial charge is 0.369 e. The normalized spacial score (nSPS) is 22.8. The molecule has 6 heteroatoms. The summed E-state index contributed by atoms with van der Waals surface area (Å²) in [6.07, 6.45) is 0.601. The number of imidazole rings is 1. The van der Waals surface area contributed by atoms with Crippen molar-refractivity contribution in [3.63, 3.8) is 0 Å². The third-order valence-electron chi connectivity index (χ3n) is 8.63. The molecule has 0 aliphatic carbocycles. The fourth-order valence-electron chi connectivity index (χ4n) is 6.12. The number of para-hydroxylation sites is 1. The number of anilines is 1. The molecule has 1 unspecified atom stereocenters. The molecule has 0 bridgehead atoms. The third kappa shape index (κ3) is 5.71. The van der Waals surface area contributed by atoms with Gasteiger partial charge in [-0.05, 0) is 18.1 Å². The first-order chi connectivity index (χ1) is 19.6. The Balaban J connectivity index is 1.11. The number of benzene rings is 3. The Kier molecular flexibility index (Phi) is 8.00. The number of nitrogens with zero attached hydrogens (tertiary/aromatic N) is 3. The molecule has 0 amide bonds. The molecule has 3 aromatic carbocycles. The number of piperazine rings is 1. The zero-order valence-corrected chi connectivity index (χ0v) is 23.6. The Morgan fingerprint density at radius 3 is 2.00 bits per heavy atom. The van der Waals surface area contributed by atoms with Crippen LogP contribution in [0.2, 0.25) is 0 Å². The van der Waals surface area contributed by atoms with E-state index in [9.17, 15) is 0 Å². The number of aromatic nitrogens is 2. The van der Waals surface area contributed by atoms with Gasteiger partial charge >= 0.3 is 0 Å². The number of ether oxygens (including phenoxy) is 2. The maximum atomic E-state index is 6.42. The fourth-order valence-corrected chi connectivity index (χ4v) is 6.12. The molecule has 0 saturated carbocycles. The smallest absolute Gasteiger partial charge is 0.217 e. The van der Waals surface area contributed by atoms with E-state index >= 15 is 0 Å². The summed E-state index contributed by atoms with van der Waals surface area (Å²) < 4.78 is 12.8. The Morgan fingerprint density at radius 1 is 0.825 bits per heavy atom. The Bertz CT molecular complexity index is 1290. The molecule has 1 N–H and O–H groups in total. The summed E-state index contributed by atoms with van der Waals surface area (Å²) in [7, 11) is 0. The van der Waals surface area contributed by atoms with E-state index in [2.05, 4.69) is 95.4 Å². The van der Waals surface area contributed by atoms with Crippen molar-refractivity contribution in [2.75, 3.05) is 50.8 Å². The van der Waals surface area contributed by atoms with Gasteiger partial charge in [0.2, 0.25) is 6.29 Å². The molecule has 3 heterocycles. The zero-order chi connectivity index (χ0) is 27.4. The second-order valence-electron chi connectivity index (χ2n) is 11.4. The molecule has 2 aliphatic rings. The van der Waals surface area contributed by atoms with Crippen molar-refractivity contribution in [2.24, 2.45) is 11.3 Å². The van der Waals surface area contributed by atoms with Crippen molar-refractivity contribution in [3.05, 3.63) is 96.8 Å². The molecule has 0 radical (unpaired) electrons. The summed E-state index contributed by atoms with van der Waals surface area (Å²) in [5.41, 5.74) is 5.36. The number of rotatable bonds is 8. The van der Waals surface area contributed by atoms with Crippen LogP contribution in [0.25, 0.3) is 22.5 Å². The van der Waals surface area contributed by atoms with E-state index in [-0.39, 0.29) is 5.41 Å². The fraction of sp³-hybridized carbons (Fsp3) is 0.382. The van der Waals surface area contributed by atoms with Crippen molar-refractivity contribution < 1.29 is 9.47 Å². The molecule has 2 fully saturated rings. The number of hydrogen-bond acceptors (Lipinski definition) is 5. The van der Waals surface area contributed by atoms with Crippen LogP contribution < -0.4 is 4.90 Å². The minimum atomic E-state index is -0.500. The van der Waals surface area contributed by atoms with Crippen LogP contribution in [0.1, 0.15) is 32.4 Å². The Hall–Kier alpha value is -3.45. The van der Waals surface area contributed by atoms with Gasteiger partial charge in [-0.3, -0.25) is 4.90 Å². The Labute approximate surface area is 238 Å². The monoisotopic (exact) mass is 536 g/mol. The molecule has 1 atom stereocenters. The number of H-pyrrole nitrogens is 1. The maximum Gasteiger partial charge on any atom is 0.217 e. The lowest BCUT2D eigenvalue weighted by atomic mass is 9.76. The molecular weight excluding hydrogens is 496 g/mol. The van der Waals surface area contributed by atoms with Crippen molar-refractivity contribution in [1.82, 2.24) is 14.9 Å². The van der Waals surface area contributed by atoms with Crippen LogP contribution in [0.3, 0.4) is 0 Å². The molecule has 6 rings (SSSR count). The first-order valence-electron chi connectivity index (χ1n) is 14.6. The average molecular weight is 537 g/mol. The van der Waals surface area contributed by atoms with Gasteiger partial charge in [0.25, 0.3) is 0 Å². The van der Waals surface area contributed by atoms with Gasteiger partial charge in [0, 0.05) is 55.0 Å². The molecule has 4 aromatic rings. The van der Waals surface area contributed by atoms with Crippen molar-refractivity contribution in [2.45, 2.75) is 26.6 Å². The van der Waals surface area contributed by atoms with Crippen LogP contribution in [-0.4, -0.2) is 60.8 Å². The lowest BCUT2D eigenvalue weighted by molar-refractivity contribution is -0.245. The quantitative estimate of drug-likeness (QED) is 0.273. The van der Waals surface area contributed by atoms with E-state index < -0.39 is 6.29 Å². The second-order valence-corrected chi connectivity index (χ2v) is 11.4. The van der Waals surface area contributed by atoms with Gasteiger partial charge in [0.05, 0.1) is 24.6 Å². The third-order valence-corrected chi connectivity index (χ3v) is 8.63. The summed E-state index contributed by atoms with van der Waals surface area (Å²) in [5, 5.41) is 0. The SMILES string of the molecule is CCC(CN1CCN(c2ccccc2)CC1)C1(C)COC(c2nc(-c3ccccc3)c(-c3ccccc3)[nH]2)OC1. The van der Waals surface area contributed by atoms with Crippen LogP contribution in [-0.2, 0) is 9.47 Å². The van der Waals surface area contributed by atoms with Crippen LogP contribution in [0.15, 0.2) is 91.0 Å². The summed E-state index contributed by atoms with van der Waals surface area (Å²) in [6.45, 7) is 11.3. The highest BCUT2D eigenvalue weighted by atomic mass is 16.7. The van der Waals surface area contributed by atoms with E-state index in [0.29, 0.717) is 19.1 Å². The second kappa shape index (κ2) is 12.0. The summed E-state index contributed by atoms with van der Waals surface area (Å²) in [4.78, 5) is 13.7. The summed E-state index contributed by atoms with van der Waals surface area (Å²) in [5.74, 6) is 1.22. The van der Waals surface area contributed by atoms with Crippen LogP contribution in [0.4, 0.5) is 5.69 Å². The molecule has 2 saturated heterocycles. The number of aromatic amines is 1. The first kappa shape index (κ1) is 26.8. The molecule has 1 aromatic heterocycles. The minimum Gasteiger partial charge on any atom is -0.369 e. The van der Waals surface area contributed by atoms with E-state index in [0.717, 1.165) is 67.5 Å².